The van der Waals surface area contributed by atoms with Crippen molar-refractivity contribution in [2.45, 2.75) is 22.9 Å². The number of hydrogen-bond donors (Lipinski definition) is 2. The van der Waals surface area contributed by atoms with Crippen LogP contribution in [-0.2, 0) is 4.79 Å². The number of fused-ring (bicyclic) bond motifs is 3. The zero-order valence-electron chi connectivity index (χ0n) is 11.8. The average molecular weight is 371 g/mol. The summed E-state index contributed by atoms with van der Waals surface area (Å²) in [7, 11) is 0. The number of nitrogens with zero attached hydrogens (tertiary/aromatic N) is 3. The molecule has 4 rings (SSSR count). The number of halogens is 1. The molecular weight excluding hydrogens is 360 g/mol. The molecule has 0 unspecified atom stereocenters. The van der Waals surface area contributed by atoms with E-state index in [0.717, 1.165) is 0 Å². The number of aliphatic hydroxyl groups is 1. The fraction of sp³-hybridized carbons (Fsp3) is 0.375. The number of piperidine rings is 2. The van der Waals surface area contributed by atoms with Crippen LogP contribution in [0.4, 0.5) is 0 Å². The second kappa shape index (κ2) is 4.80. The van der Waals surface area contributed by atoms with Gasteiger partial charge in [0.1, 0.15) is 0 Å². The van der Waals surface area contributed by atoms with Gasteiger partial charge in [-0.05, 0) is 5.56 Å². The Labute approximate surface area is 141 Å². The summed E-state index contributed by atoms with van der Waals surface area (Å²) < 4.78 is 0. The van der Waals surface area contributed by atoms with E-state index in [1.807, 2.05) is 18.2 Å². The minimum atomic E-state index is -1.93. The van der Waals surface area contributed by atoms with Gasteiger partial charge in [-0.3, -0.25) is 4.79 Å². The van der Waals surface area contributed by atoms with E-state index >= 15 is 0 Å². The fourth-order valence-electron chi connectivity index (χ4n) is 3.72. The Morgan fingerprint density at radius 2 is 1.78 bits per heavy atom. The van der Waals surface area contributed by atoms with Crippen LogP contribution in [0.5, 0.6) is 0 Å². The Morgan fingerprint density at radius 3 is 2.30 bits per heavy atom. The Bertz CT molecular complexity index is 792. The standard InChI is InChI=1S/C16H11BrN4O2/c17-12-11(10-4-2-1-3-5-10)15(9-20)13(22)21-16(12,23)6-14(15,7-18)8-19/h1-5,11-12,23H,6H2,(H,21,22)/t11-,12+,15+,16-/m0/s1. The summed E-state index contributed by atoms with van der Waals surface area (Å²) in [5.74, 6) is -1.62. The highest BCUT2D eigenvalue weighted by atomic mass is 79.9. The number of nitriles is 3. The minimum Gasteiger partial charge on any atom is -0.370 e. The molecule has 2 bridgehead atoms. The quantitative estimate of drug-likeness (QED) is 0.721. The van der Waals surface area contributed by atoms with Crippen LogP contribution in [0.1, 0.15) is 17.9 Å². The zero-order chi connectivity index (χ0) is 16.9. The first-order valence-electron chi connectivity index (χ1n) is 6.88. The third-order valence-electron chi connectivity index (χ3n) is 4.83. The number of carbonyl (C=O) groups excluding carboxylic acids is 1. The normalized spacial score (nSPS) is 37.1. The molecule has 3 fully saturated rings. The molecule has 0 aromatic heterocycles. The van der Waals surface area contributed by atoms with Crippen LogP contribution >= 0.6 is 15.9 Å². The highest BCUT2D eigenvalue weighted by molar-refractivity contribution is 9.09. The van der Waals surface area contributed by atoms with Crippen molar-refractivity contribution >= 4 is 21.8 Å². The zero-order valence-corrected chi connectivity index (χ0v) is 13.4. The number of rotatable bonds is 1. The fourth-order valence-corrected chi connectivity index (χ4v) is 4.70. The molecule has 0 spiro atoms. The number of hydrogen-bond acceptors (Lipinski definition) is 5. The minimum absolute atomic E-state index is 0.328. The van der Waals surface area contributed by atoms with E-state index in [9.17, 15) is 25.7 Å². The summed E-state index contributed by atoms with van der Waals surface area (Å²) in [6, 6.07) is 14.3. The molecule has 1 amide bonds. The number of amides is 1. The third kappa shape index (κ3) is 1.65. The van der Waals surface area contributed by atoms with Crippen LogP contribution in [0.2, 0.25) is 0 Å². The van der Waals surface area contributed by atoms with Crippen LogP contribution in [0.15, 0.2) is 30.3 Å². The van der Waals surface area contributed by atoms with E-state index in [4.69, 9.17) is 0 Å². The molecule has 1 saturated carbocycles. The van der Waals surface area contributed by atoms with Crippen molar-refractivity contribution in [2.75, 3.05) is 0 Å². The molecule has 23 heavy (non-hydrogen) atoms. The Hall–Kier alpha value is -2.40. The lowest BCUT2D eigenvalue weighted by molar-refractivity contribution is -0.172. The van der Waals surface area contributed by atoms with Gasteiger partial charge in [-0.25, -0.2) is 0 Å². The second-order valence-electron chi connectivity index (χ2n) is 5.89. The molecule has 114 valence electrons. The molecule has 2 saturated heterocycles. The first kappa shape index (κ1) is 15.5. The molecule has 1 aliphatic carbocycles. The third-order valence-corrected chi connectivity index (χ3v) is 6.11. The van der Waals surface area contributed by atoms with Crippen molar-refractivity contribution in [3.05, 3.63) is 35.9 Å². The van der Waals surface area contributed by atoms with Gasteiger partial charge in [-0.15, -0.1) is 0 Å². The topological polar surface area (TPSA) is 121 Å². The Morgan fingerprint density at radius 1 is 1.17 bits per heavy atom. The summed E-state index contributed by atoms with van der Waals surface area (Å²) in [5.41, 5.74) is -5.00. The lowest BCUT2D eigenvalue weighted by Crippen LogP contribution is -2.77. The molecule has 1 aromatic carbocycles. The molecule has 2 N–H and O–H groups in total. The summed E-state index contributed by atoms with van der Waals surface area (Å²) in [6.07, 6.45) is -0.328. The van der Waals surface area contributed by atoms with Crippen molar-refractivity contribution in [3.63, 3.8) is 0 Å². The molecule has 0 radical (unpaired) electrons. The molecule has 3 aliphatic rings. The molecule has 2 aliphatic heterocycles. The highest BCUT2D eigenvalue weighted by Gasteiger charge is 2.77. The van der Waals surface area contributed by atoms with Crippen LogP contribution < -0.4 is 5.32 Å². The maximum absolute atomic E-state index is 12.7. The van der Waals surface area contributed by atoms with E-state index in [2.05, 4.69) is 21.2 Å². The van der Waals surface area contributed by atoms with Gasteiger partial charge in [0.15, 0.2) is 16.6 Å². The van der Waals surface area contributed by atoms with Gasteiger partial charge in [0.2, 0.25) is 5.91 Å². The predicted molar refractivity (Wildman–Crippen MR) is 81.3 cm³/mol. The van der Waals surface area contributed by atoms with Crippen LogP contribution in [0.25, 0.3) is 0 Å². The van der Waals surface area contributed by atoms with Crippen LogP contribution in [-0.4, -0.2) is 21.6 Å². The smallest absolute Gasteiger partial charge is 0.246 e. The van der Waals surface area contributed by atoms with Gasteiger partial charge in [-0.2, -0.15) is 15.8 Å². The Balaban J connectivity index is 2.36. The maximum Gasteiger partial charge on any atom is 0.246 e. The average Bonchev–Trinajstić information content (AvgIpc) is 2.56. The number of carbonyl (C=O) groups is 1. The summed E-state index contributed by atoms with van der Waals surface area (Å²) in [4.78, 5) is 12.0. The maximum atomic E-state index is 12.7. The SMILES string of the molecule is N#CC1(C#N)C[C@@]2(O)NC(=O)[C@@]1(C#N)[C@@H](c1ccccc1)[C@H]2Br. The summed E-state index contributed by atoms with van der Waals surface area (Å²) >= 11 is 3.38. The van der Waals surface area contributed by atoms with Crippen LogP contribution in [0, 0.1) is 44.8 Å². The largest absolute Gasteiger partial charge is 0.370 e. The molecule has 2 heterocycles. The van der Waals surface area contributed by atoms with E-state index in [-0.39, 0.29) is 6.42 Å². The van der Waals surface area contributed by atoms with E-state index < -0.39 is 33.2 Å². The van der Waals surface area contributed by atoms with Crippen LogP contribution in [0.3, 0.4) is 0 Å². The first-order chi connectivity index (χ1) is 10.9. The van der Waals surface area contributed by atoms with Gasteiger partial charge >= 0.3 is 0 Å². The first-order valence-corrected chi connectivity index (χ1v) is 7.80. The highest BCUT2D eigenvalue weighted by Crippen LogP contribution is 2.64. The van der Waals surface area contributed by atoms with Gasteiger partial charge in [0.25, 0.3) is 0 Å². The lowest BCUT2D eigenvalue weighted by atomic mass is 9.47. The number of nitrogens with one attached hydrogen (secondary N) is 1. The summed E-state index contributed by atoms with van der Waals surface area (Å²) in [5, 5.41) is 42.3. The molecular formula is C16H11BrN4O2. The molecule has 4 atom stereocenters. The van der Waals surface area contributed by atoms with Crippen molar-refractivity contribution in [1.29, 1.82) is 15.8 Å². The number of alkyl halides is 1. The van der Waals surface area contributed by atoms with Gasteiger partial charge < -0.3 is 10.4 Å². The van der Waals surface area contributed by atoms with Gasteiger partial charge in [0, 0.05) is 12.3 Å². The van der Waals surface area contributed by atoms with Gasteiger partial charge in [0.05, 0.1) is 23.0 Å². The molecule has 7 heteroatoms. The lowest BCUT2D eigenvalue weighted by Gasteiger charge is -2.59. The van der Waals surface area contributed by atoms with E-state index in [1.54, 1.807) is 30.3 Å². The van der Waals surface area contributed by atoms with Crippen molar-refractivity contribution in [1.82, 2.24) is 5.32 Å². The van der Waals surface area contributed by atoms with Crippen molar-refractivity contribution < 1.29 is 9.90 Å². The monoisotopic (exact) mass is 370 g/mol. The number of benzene rings is 1. The van der Waals surface area contributed by atoms with Gasteiger partial charge in [-0.1, -0.05) is 46.3 Å². The second-order valence-corrected chi connectivity index (χ2v) is 6.88. The molecule has 1 aromatic rings. The predicted octanol–water partition coefficient (Wildman–Crippen LogP) is 1.30. The molecule has 6 nitrogen and oxygen atoms in total. The summed E-state index contributed by atoms with van der Waals surface area (Å²) in [6.45, 7) is 0. The van der Waals surface area contributed by atoms with Crippen molar-refractivity contribution in [2.24, 2.45) is 10.8 Å². The Kier molecular flexibility index (Phi) is 3.23. The van der Waals surface area contributed by atoms with E-state index in [0.29, 0.717) is 5.56 Å². The van der Waals surface area contributed by atoms with Crippen molar-refractivity contribution in [3.8, 4) is 18.2 Å². The van der Waals surface area contributed by atoms with E-state index in [1.165, 1.54) is 0 Å².